The highest BCUT2D eigenvalue weighted by atomic mass is 16.5. The van der Waals surface area contributed by atoms with Gasteiger partial charge in [-0.15, -0.1) is 0 Å². The second-order valence-electron chi connectivity index (χ2n) is 14.1. The second-order valence-corrected chi connectivity index (χ2v) is 14.1. The predicted molar refractivity (Wildman–Crippen MR) is 221 cm³/mol. The fourth-order valence-corrected chi connectivity index (χ4v) is 7.13. The molecular weight excluding hydrogens is 721 g/mol. The number of ether oxygens (including phenoxy) is 2. The van der Waals surface area contributed by atoms with E-state index in [4.69, 9.17) is 14.5 Å². The van der Waals surface area contributed by atoms with Gasteiger partial charge in [0.25, 0.3) is 11.1 Å². The van der Waals surface area contributed by atoms with Crippen molar-refractivity contribution < 1.29 is 9.47 Å². The smallest absolute Gasteiger partial charge is 0.258 e. The zero-order valence-electron chi connectivity index (χ0n) is 32.6. The fraction of sp³-hybridized carbons (Fsp3) is 0.233. The van der Waals surface area contributed by atoms with E-state index in [0.717, 1.165) is 64.6 Å². The van der Waals surface area contributed by atoms with Crippen LogP contribution >= 0.6 is 0 Å². The first kappa shape index (κ1) is 37.0. The standard InChI is InChI=1S/C22H19N3O3.C21H23N7O/c1-14-10-15(8-9-23-14)17-5-7-21-24-18(12-22(26)25(21)13-17)16-4-6-19(27-2)20(11-16)28-3;1-13-10-26(7-6-22-13)16-4-5-20-24-17(9-21(29)27(20)12-16)18-8-19-15(3)23-14(2)11-28(19)25-18/h4-13H,1-3H3;4-5,8-9,11-13,22H,6-7,10H2,1-3H3/t;13-/m.0/s1. The predicted octanol–water partition coefficient (Wildman–Crippen LogP) is 5.57. The maximum absolute atomic E-state index is 12.9. The molecular formula is C43H42N10O4. The van der Waals surface area contributed by atoms with Crippen LogP contribution in [0.25, 0.3) is 50.6 Å². The summed E-state index contributed by atoms with van der Waals surface area (Å²) in [6, 6.07) is 22.5. The minimum atomic E-state index is -0.151. The van der Waals surface area contributed by atoms with Crippen LogP contribution in [0.15, 0.2) is 107 Å². The van der Waals surface area contributed by atoms with E-state index in [1.807, 2.05) is 87.8 Å². The van der Waals surface area contributed by atoms with Crippen LogP contribution in [0.3, 0.4) is 0 Å². The van der Waals surface area contributed by atoms with E-state index in [1.165, 1.54) is 6.07 Å². The van der Waals surface area contributed by atoms with E-state index >= 15 is 0 Å². The number of pyridine rings is 3. The van der Waals surface area contributed by atoms with Crippen molar-refractivity contribution in [3.63, 3.8) is 0 Å². The highest BCUT2D eigenvalue weighted by molar-refractivity contribution is 5.69. The molecule has 14 nitrogen and oxygen atoms in total. The number of aryl methyl sites for hydroxylation is 3. The number of hydrogen-bond acceptors (Lipinski definition) is 11. The number of nitrogens with one attached hydrogen (secondary N) is 1. The summed E-state index contributed by atoms with van der Waals surface area (Å²) in [5.41, 5.74) is 10.1. The molecule has 57 heavy (non-hydrogen) atoms. The van der Waals surface area contributed by atoms with Crippen molar-refractivity contribution in [2.24, 2.45) is 0 Å². The molecule has 1 aromatic carbocycles. The summed E-state index contributed by atoms with van der Waals surface area (Å²) < 4.78 is 15.6. The van der Waals surface area contributed by atoms with Gasteiger partial charge in [-0.3, -0.25) is 28.4 Å². The lowest BCUT2D eigenvalue weighted by Gasteiger charge is -2.33. The van der Waals surface area contributed by atoms with E-state index in [9.17, 15) is 9.59 Å². The van der Waals surface area contributed by atoms with E-state index in [0.29, 0.717) is 45.9 Å². The number of benzene rings is 1. The Labute approximate surface area is 328 Å². The van der Waals surface area contributed by atoms with Gasteiger partial charge in [0.1, 0.15) is 17.0 Å². The fourth-order valence-electron chi connectivity index (χ4n) is 7.13. The first-order valence-electron chi connectivity index (χ1n) is 18.6. The Morgan fingerprint density at radius 1 is 0.684 bits per heavy atom. The summed E-state index contributed by atoms with van der Waals surface area (Å²) in [5.74, 6) is 1.21. The van der Waals surface area contributed by atoms with E-state index in [2.05, 4.69) is 37.2 Å². The van der Waals surface area contributed by atoms with Crippen LogP contribution in [0.4, 0.5) is 5.69 Å². The quantitative estimate of drug-likeness (QED) is 0.227. The Balaban J connectivity index is 0.000000160. The number of piperazine rings is 1. The van der Waals surface area contributed by atoms with Gasteiger partial charge < -0.3 is 19.7 Å². The first-order valence-corrected chi connectivity index (χ1v) is 18.6. The molecule has 8 heterocycles. The van der Waals surface area contributed by atoms with Crippen LogP contribution in [-0.2, 0) is 0 Å². The molecule has 0 bridgehead atoms. The maximum atomic E-state index is 12.9. The molecule has 0 saturated carbocycles. The average molecular weight is 763 g/mol. The summed E-state index contributed by atoms with van der Waals surface area (Å²) in [5, 5.41) is 8.04. The van der Waals surface area contributed by atoms with Crippen molar-refractivity contribution in [1.29, 1.82) is 0 Å². The van der Waals surface area contributed by atoms with Crippen LogP contribution in [-0.4, -0.2) is 78.2 Å². The molecule has 1 fully saturated rings. The topological polar surface area (TPSA) is 146 Å². The third-order valence-corrected chi connectivity index (χ3v) is 9.97. The summed E-state index contributed by atoms with van der Waals surface area (Å²) in [7, 11) is 3.16. The molecule has 8 aromatic rings. The molecule has 1 saturated heterocycles. The second kappa shape index (κ2) is 15.3. The number of aromatic nitrogens is 8. The largest absolute Gasteiger partial charge is 0.493 e. The van der Waals surface area contributed by atoms with Crippen LogP contribution in [0.1, 0.15) is 24.0 Å². The summed E-state index contributed by atoms with van der Waals surface area (Å²) in [6.07, 6.45) is 7.32. The lowest BCUT2D eigenvalue weighted by molar-refractivity contribution is 0.355. The highest BCUT2D eigenvalue weighted by Gasteiger charge is 2.18. The van der Waals surface area contributed by atoms with Crippen LogP contribution in [0.5, 0.6) is 11.5 Å². The van der Waals surface area contributed by atoms with E-state index < -0.39 is 0 Å². The van der Waals surface area contributed by atoms with Gasteiger partial charge in [-0.05, 0) is 99.5 Å². The van der Waals surface area contributed by atoms with E-state index in [-0.39, 0.29) is 11.1 Å². The molecule has 9 rings (SSSR count). The number of rotatable bonds is 6. The van der Waals surface area contributed by atoms with Crippen molar-refractivity contribution in [3.8, 4) is 45.3 Å². The van der Waals surface area contributed by atoms with Crippen molar-refractivity contribution in [2.75, 3.05) is 38.8 Å². The van der Waals surface area contributed by atoms with Crippen LogP contribution in [0.2, 0.25) is 0 Å². The number of methoxy groups -OCH3 is 2. The molecule has 0 aliphatic carbocycles. The Hall–Kier alpha value is -6.93. The molecule has 0 radical (unpaired) electrons. The van der Waals surface area contributed by atoms with E-state index in [1.54, 1.807) is 52.1 Å². The van der Waals surface area contributed by atoms with Crippen molar-refractivity contribution >= 4 is 22.5 Å². The minimum absolute atomic E-state index is 0.113. The summed E-state index contributed by atoms with van der Waals surface area (Å²) >= 11 is 0. The van der Waals surface area contributed by atoms with Crippen molar-refractivity contribution in [1.82, 2.24) is 43.7 Å². The molecule has 7 aromatic heterocycles. The molecule has 1 atom stereocenters. The van der Waals surface area contributed by atoms with Crippen LogP contribution in [0, 0.1) is 20.8 Å². The average Bonchev–Trinajstić information content (AvgIpc) is 3.65. The lowest BCUT2D eigenvalue weighted by atomic mass is 10.1. The van der Waals surface area contributed by atoms with Gasteiger partial charge in [0, 0.05) is 67.7 Å². The normalized spacial score (nSPS) is 14.1. The minimum Gasteiger partial charge on any atom is -0.493 e. The Morgan fingerprint density at radius 2 is 1.40 bits per heavy atom. The molecule has 0 unspecified atom stereocenters. The zero-order valence-corrected chi connectivity index (χ0v) is 32.6. The molecule has 14 heteroatoms. The van der Waals surface area contributed by atoms with Gasteiger partial charge in [0.15, 0.2) is 11.5 Å². The molecule has 288 valence electrons. The molecule has 0 amide bonds. The third-order valence-electron chi connectivity index (χ3n) is 9.97. The van der Waals surface area contributed by atoms with Gasteiger partial charge in [-0.2, -0.15) is 5.10 Å². The number of nitrogens with zero attached hydrogens (tertiary/aromatic N) is 9. The van der Waals surface area contributed by atoms with Gasteiger partial charge in [0.05, 0.1) is 54.4 Å². The Bertz CT molecular complexity index is 2920. The van der Waals surface area contributed by atoms with Gasteiger partial charge in [-0.25, -0.2) is 14.5 Å². The van der Waals surface area contributed by atoms with Gasteiger partial charge in [-0.1, -0.05) is 0 Å². The SMILES string of the molecule is COc1ccc(-c2cc(=O)n3cc(-c4ccnc(C)c4)ccc3n2)cc1OC.Cc1cn2nc(-c3cc(=O)n4cc(N5CCN[C@@H](C)C5)ccc4n3)cc2c(C)n1. The van der Waals surface area contributed by atoms with Crippen molar-refractivity contribution in [3.05, 3.63) is 135 Å². The van der Waals surface area contributed by atoms with Gasteiger partial charge in [0.2, 0.25) is 0 Å². The number of fused-ring (bicyclic) bond motifs is 3. The summed E-state index contributed by atoms with van der Waals surface area (Å²) in [6.45, 7) is 10.8. The van der Waals surface area contributed by atoms with Crippen molar-refractivity contribution in [2.45, 2.75) is 33.7 Å². The van der Waals surface area contributed by atoms with Gasteiger partial charge >= 0.3 is 0 Å². The summed E-state index contributed by atoms with van der Waals surface area (Å²) in [4.78, 5) is 45.9. The Kier molecular flexibility index (Phi) is 9.94. The molecule has 1 N–H and O–H groups in total. The molecule has 0 spiro atoms. The number of hydrogen-bond donors (Lipinski definition) is 1. The first-order chi connectivity index (χ1) is 27.6. The maximum Gasteiger partial charge on any atom is 0.258 e. The Morgan fingerprint density at radius 3 is 2.16 bits per heavy atom. The number of anilines is 1. The monoisotopic (exact) mass is 762 g/mol. The molecule has 1 aliphatic heterocycles. The third kappa shape index (κ3) is 7.54. The van der Waals surface area contributed by atoms with Crippen LogP contribution < -0.4 is 30.8 Å². The highest BCUT2D eigenvalue weighted by Crippen LogP contribution is 2.31. The zero-order chi connectivity index (χ0) is 39.8. The molecule has 1 aliphatic rings. The lowest BCUT2D eigenvalue weighted by Crippen LogP contribution is -2.49.